The number of rotatable bonds is 12. The molecule has 0 bridgehead atoms. The zero-order chi connectivity index (χ0) is 49.1. The second-order valence-corrected chi connectivity index (χ2v) is 25.3. The summed E-state index contributed by atoms with van der Waals surface area (Å²) in [5, 5.41) is 10.6. The Bertz CT molecular complexity index is 1980. The Hall–Kier alpha value is -2.42. The van der Waals surface area contributed by atoms with Crippen LogP contribution >= 0.6 is 0 Å². The summed E-state index contributed by atoms with van der Waals surface area (Å²) in [6, 6.07) is 8.69. The molecule has 66 heavy (non-hydrogen) atoms. The Morgan fingerprint density at radius 2 is 0.636 bits per heavy atom. The molecule has 0 N–H and O–H groups in total. The number of hydrogen-bond acceptors (Lipinski definition) is 12. The lowest BCUT2D eigenvalue weighted by Crippen LogP contribution is -2.54. The summed E-state index contributed by atoms with van der Waals surface area (Å²) in [4.78, 5) is 24.3. The highest BCUT2D eigenvalue weighted by Crippen LogP contribution is 2.47. The number of benzene rings is 2. The Balaban J connectivity index is 1.49. The molecule has 4 unspecified atom stereocenters. The number of ether oxygens (including phenoxy) is 4. The third kappa shape index (κ3) is 11.3. The molecule has 4 aliphatic heterocycles. The van der Waals surface area contributed by atoms with Crippen molar-refractivity contribution in [3.63, 3.8) is 0 Å². The molecule has 12 nitrogen and oxygen atoms in total. The van der Waals surface area contributed by atoms with Crippen molar-refractivity contribution in [1.82, 2.24) is 20.3 Å². The molecule has 0 aliphatic carbocycles. The zero-order valence-corrected chi connectivity index (χ0v) is 45.2. The molecular weight excluding hydrogens is 833 g/mol. The van der Waals surface area contributed by atoms with Gasteiger partial charge in [0.2, 0.25) is 0 Å². The summed E-state index contributed by atoms with van der Waals surface area (Å²) in [7, 11) is 7.14. The average Bonchev–Trinajstić information content (AvgIpc) is 3.41. The molecule has 4 saturated heterocycles. The Kier molecular flexibility index (Phi) is 15.3. The summed E-state index contributed by atoms with van der Waals surface area (Å²) < 4.78 is 29.1. The fourth-order valence-corrected chi connectivity index (χ4v) is 13.5. The highest BCUT2D eigenvalue weighted by atomic mass is 16.7. The molecule has 2 aromatic rings. The molecule has 4 heterocycles. The molecule has 0 saturated carbocycles. The maximum absolute atomic E-state index is 7.34. The summed E-state index contributed by atoms with van der Waals surface area (Å²) in [5.41, 5.74) is -1.77. The summed E-state index contributed by atoms with van der Waals surface area (Å²) in [6.07, 6.45) is 10.1. The first-order chi connectivity index (χ1) is 30.4. The topological polar surface area (TPSA) is 86.8 Å². The lowest BCUT2D eigenvalue weighted by molar-refractivity contribution is -0.246. The fourth-order valence-electron chi connectivity index (χ4n) is 13.5. The van der Waals surface area contributed by atoms with E-state index in [4.69, 9.17) is 38.3 Å². The van der Waals surface area contributed by atoms with Crippen LogP contribution in [0, 0.1) is 0 Å². The average molecular weight is 925 g/mol. The minimum atomic E-state index is -0.281. The van der Waals surface area contributed by atoms with Gasteiger partial charge in [-0.05, 0) is 186 Å². The Morgan fingerprint density at radius 1 is 0.348 bits per heavy atom. The van der Waals surface area contributed by atoms with Gasteiger partial charge in [-0.1, -0.05) is 0 Å². The van der Waals surface area contributed by atoms with E-state index in [1.807, 2.05) is 0 Å². The van der Waals surface area contributed by atoms with Crippen molar-refractivity contribution in [2.75, 3.05) is 28.4 Å². The lowest BCUT2D eigenvalue weighted by atomic mass is 9.95. The number of nitrogens with zero attached hydrogens (tertiary/aromatic N) is 4. The molecule has 4 atom stereocenters. The van der Waals surface area contributed by atoms with E-state index in [-0.39, 0.29) is 68.7 Å². The van der Waals surface area contributed by atoms with Gasteiger partial charge < -0.3 is 38.3 Å². The lowest BCUT2D eigenvalue weighted by Gasteiger charge is -2.45. The molecule has 2 aromatic carbocycles. The minimum absolute atomic E-state index is 0.0364. The third-order valence-electron chi connectivity index (χ3n) is 15.5. The van der Waals surface area contributed by atoms with Crippen molar-refractivity contribution >= 4 is 10.8 Å². The molecule has 6 rings (SSSR count). The van der Waals surface area contributed by atoms with Crippen molar-refractivity contribution in [3.05, 3.63) is 24.3 Å². The summed E-state index contributed by atoms with van der Waals surface area (Å²) in [6.45, 7) is 36.1. The van der Waals surface area contributed by atoms with Crippen LogP contribution in [-0.4, -0.2) is 117 Å². The molecule has 0 aromatic heterocycles. The maximum Gasteiger partial charge on any atom is 0.162 e. The molecule has 12 heteroatoms. The highest BCUT2D eigenvalue weighted by molar-refractivity contribution is 5.92. The molecular formula is C54H92N4O8. The quantitative estimate of drug-likeness (QED) is 0.203. The summed E-state index contributed by atoms with van der Waals surface area (Å²) >= 11 is 0. The highest BCUT2D eigenvalue weighted by Gasteiger charge is 2.48. The van der Waals surface area contributed by atoms with E-state index in [9.17, 15) is 0 Å². The second-order valence-electron chi connectivity index (χ2n) is 25.3. The van der Waals surface area contributed by atoms with Crippen molar-refractivity contribution < 1.29 is 38.3 Å². The smallest absolute Gasteiger partial charge is 0.162 e. The fraction of sp³-hybridized carbons (Fsp3) is 0.815. The van der Waals surface area contributed by atoms with Crippen LogP contribution in [0.1, 0.15) is 188 Å². The van der Waals surface area contributed by atoms with Crippen LogP contribution in [0.15, 0.2) is 24.3 Å². The molecule has 0 radical (unpaired) electrons. The van der Waals surface area contributed by atoms with Gasteiger partial charge in [0.05, 0.1) is 28.4 Å². The van der Waals surface area contributed by atoms with Gasteiger partial charge in [-0.3, -0.25) is 0 Å². The number of hydrogen-bond donors (Lipinski definition) is 0. The van der Waals surface area contributed by atoms with E-state index in [2.05, 4.69) is 155 Å². The number of fused-ring (bicyclic) bond motifs is 1. The van der Waals surface area contributed by atoms with Crippen LogP contribution in [-0.2, 0) is 19.4 Å². The van der Waals surface area contributed by atoms with Gasteiger partial charge in [-0.15, -0.1) is 0 Å². The maximum atomic E-state index is 7.34. The van der Waals surface area contributed by atoms with E-state index in [0.29, 0.717) is 0 Å². The SMILES string of the molecule is CON1C(C)(C)CCC(Oc2cc(OC3CCC(C)(C)N(OC)C(C)(C)C3)c3cc(OC4CCC(C)(C)N(OC)C(C)(C)C4)c(OC4CCC(C)(C)N(OC)C(C)(C)C4)cc3c2)CC1(C)C. The van der Waals surface area contributed by atoms with E-state index in [1.165, 1.54) is 0 Å². The van der Waals surface area contributed by atoms with E-state index in [0.717, 1.165) is 111 Å². The normalized spacial score (nSPS) is 30.1. The Morgan fingerprint density at radius 3 is 0.955 bits per heavy atom. The van der Waals surface area contributed by atoms with Gasteiger partial charge in [-0.2, -0.15) is 20.3 Å². The monoisotopic (exact) mass is 925 g/mol. The first-order valence-electron chi connectivity index (χ1n) is 25.1. The van der Waals surface area contributed by atoms with Crippen LogP contribution in [0.25, 0.3) is 10.8 Å². The van der Waals surface area contributed by atoms with Crippen molar-refractivity contribution in [2.24, 2.45) is 0 Å². The van der Waals surface area contributed by atoms with Crippen molar-refractivity contribution in [3.8, 4) is 23.0 Å². The zero-order valence-electron chi connectivity index (χ0n) is 45.2. The number of hydroxylamine groups is 8. The van der Waals surface area contributed by atoms with Gasteiger partial charge in [0.15, 0.2) is 11.5 Å². The van der Waals surface area contributed by atoms with Crippen LogP contribution < -0.4 is 18.9 Å². The second kappa shape index (κ2) is 19.1. The van der Waals surface area contributed by atoms with Gasteiger partial charge in [0.1, 0.15) is 35.9 Å². The van der Waals surface area contributed by atoms with Gasteiger partial charge in [0.25, 0.3) is 0 Å². The van der Waals surface area contributed by atoms with Crippen molar-refractivity contribution in [2.45, 2.75) is 257 Å². The standard InChI is InChI=1S/C54H92N4O8/c1-47(2)25-21-38(33-51(9,10)55(47)59-17)63-42-29-37-30-45(65-40-23-27-49(5,6)57(61-19)53(13,14)35-40)46(66-41-24-28-50(7,8)58(62-20)54(15,16)36-41)32-43(37)44(31-42)64-39-22-26-48(3,4)56(60-18)52(11,12)34-39/h29-32,38-41H,21-28,33-36H2,1-20H3. The van der Waals surface area contributed by atoms with Crippen LogP contribution in [0.3, 0.4) is 0 Å². The van der Waals surface area contributed by atoms with Crippen LogP contribution in [0.5, 0.6) is 23.0 Å². The first-order valence-corrected chi connectivity index (χ1v) is 25.1. The van der Waals surface area contributed by atoms with Gasteiger partial charge in [-0.25, -0.2) is 0 Å². The molecule has 376 valence electrons. The van der Waals surface area contributed by atoms with Gasteiger partial charge >= 0.3 is 0 Å². The first kappa shape index (κ1) is 52.9. The van der Waals surface area contributed by atoms with E-state index < -0.39 is 0 Å². The third-order valence-corrected chi connectivity index (χ3v) is 15.5. The predicted molar refractivity (Wildman–Crippen MR) is 265 cm³/mol. The van der Waals surface area contributed by atoms with Crippen molar-refractivity contribution in [1.29, 1.82) is 0 Å². The van der Waals surface area contributed by atoms with E-state index in [1.54, 1.807) is 28.4 Å². The van der Waals surface area contributed by atoms with Crippen LogP contribution in [0.4, 0.5) is 0 Å². The predicted octanol–water partition coefficient (Wildman–Crippen LogP) is 12.2. The van der Waals surface area contributed by atoms with E-state index >= 15 is 0 Å². The van der Waals surface area contributed by atoms with Gasteiger partial charge in [0, 0.05) is 81.4 Å². The molecule has 4 fully saturated rings. The summed E-state index contributed by atoms with van der Waals surface area (Å²) in [5.74, 6) is 3.04. The molecule has 0 spiro atoms. The molecule has 0 amide bonds. The minimum Gasteiger partial charge on any atom is -0.490 e. The molecule has 4 aliphatic rings. The largest absolute Gasteiger partial charge is 0.490 e. The van der Waals surface area contributed by atoms with Crippen LogP contribution in [0.2, 0.25) is 0 Å². The Labute approximate surface area is 400 Å².